The summed E-state index contributed by atoms with van der Waals surface area (Å²) in [5.41, 5.74) is 2.83. The van der Waals surface area contributed by atoms with Crippen LogP contribution in [0.1, 0.15) is 18.1 Å². The molecule has 1 heterocycles. The van der Waals surface area contributed by atoms with E-state index in [9.17, 15) is 0 Å². The first-order valence-electron chi connectivity index (χ1n) is 7.59. The molecule has 0 bridgehead atoms. The molecule has 2 unspecified atom stereocenters. The summed E-state index contributed by atoms with van der Waals surface area (Å²) in [6.45, 7) is 7.26. The number of nitrogens with one attached hydrogen (secondary N) is 1. The summed E-state index contributed by atoms with van der Waals surface area (Å²) in [5, 5.41) is 4.51. The zero-order valence-electron chi connectivity index (χ0n) is 12.1. The third-order valence-corrected chi connectivity index (χ3v) is 4.64. The number of morpholine rings is 1. The smallest absolute Gasteiger partial charge is 0.0826 e. The van der Waals surface area contributed by atoms with Crippen LogP contribution in [-0.4, -0.2) is 49.8 Å². The largest absolute Gasteiger partial charge is 0.374 e. The lowest BCUT2D eigenvalue weighted by Crippen LogP contribution is -2.48. The van der Waals surface area contributed by atoms with Crippen molar-refractivity contribution < 1.29 is 4.74 Å². The molecule has 1 saturated heterocycles. The molecule has 1 N–H and O–H groups in total. The second-order valence-electron chi connectivity index (χ2n) is 5.81. The van der Waals surface area contributed by atoms with E-state index < -0.39 is 0 Å². The molecule has 1 fully saturated rings. The number of fused-ring (bicyclic) bond motifs is 1. The zero-order valence-corrected chi connectivity index (χ0v) is 12.8. The summed E-state index contributed by atoms with van der Waals surface area (Å²) in [6.07, 6.45) is 2.52. The monoisotopic (exact) mass is 294 g/mol. The van der Waals surface area contributed by atoms with E-state index >= 15 is 0 Å². The highest BCUT2D eigenvalue weighted by molar-refractivity contribution is 6.30. The minimum atomic E-state index is 0.330. The maximum absolute atomic E-state index is 6.06. The number of nitrogens with zero attached hydrogens (tertiary/aromatic N) is 1. The van der Waals surface area contributed by atoms with E-state index in [0.29, 0.717) is 12.1 Å². The molecular formula is C16H23ClN2O. The molecule has 0 aromatic heterocycles. The summed E-state index contributed by atoms with van der Waals surface area (Å²) in [6, 6.07) is 6.79. The van der Waals surface area contributed by atoms with Crippen LogP contribution in [0.4, 0.5) is 0 Å². The predicted molar refractivity (Wildman–Crippen MR) is 82.5 cm³/mol. The Kier molecular flexibility index (Phi) is 4.61. The molecule has 0 saturated carbocycles. The number of hydrogen-bond acceptors (Lipinski definition) is 3. The van der Waals surface area contributed by atoms with Crippen LogP contribution in [0.15, 0.2) is 18.2 Å². The number of hydrogen-bond donors (Lipinski definition) is 1. The second kappa shape index (κ2) is 6.44. The van der Waals surface area contributed by atoms with Gasteiger partial charge >= 0.3 is 0 Å². The number of halogens is 1. The summed E-state index contributed by atoms with van der Waals surface area (Å²) in [5.74, 6) is 0. The van der Waals surface area contributed by atoms with Gasteiger partial charge < -0.3 is 10.1 Å². The van der Waals surface area contributed by atoms with Crippen molar-refractivity contribution in [3.63, 3.8) is 0 Å². The quantitative estimate of drug-likeness (QED) is 0.921. The molecule has 3 rings (SSSR count). The van der Waals surface area contributed by atoms with Gasteiger partial charge in [-0.25, -0.2) is 0 Å². The van der Waals surface area contributed by atoms with Crippen molar-refractivity contribution in [1.29, 1.82) is 0 Å². The molecular weight excluding hydrogens is 272 g/mol. The van der Waals surface area contributed by atoms with E-state index in [1.165, 1.54) is 11.1 Å². The Labute approximate surface area is 126 Å². The topological polar surface area (TPSA) is 24.5 Å². The lowest BCUT2D eigenvalue weighted by atomic mass is 10.1. The molecule has 1 aromatic rings. The fourth-order valence-electron chi connectivity index (χ4n) is 3.22. The molecule has 1 aliphatic heterocycles. The number of benzene rings is 1. The average molecular weight is 295 g/mol. The molecule has 1 aromatic carbocycles. The Morgan fingerprint density at radius 3 is 3.05 bits per heavy atom. The Bertz CT molecular complexity index is 466. The standard InChI is InChI=1S/C16H23ClN2O/c1-2-19-5-6-20-16(11-19)10-18-15-8-12-3-4-14(17)7-13(12)9-15/h3-4,7,15-16,18H,2,5-6,8-11H2,1H3. The molecule has 110 valence electrons. The van der Waals surface area contributed by atoms with E-state index in [0.717, 1.165) is 50.7 Å². The molecule has 1 aliphatic carbocycles. The SMILES string of the molecule is CCN1CCOC(CNC2Cc3ccc(Cl)cc3C2)C1. The molecule has 0 amide bonds. The fourth-order valence-corrected chi connectivity index (χ4v) is 3.42. The summed E-state index contributed by atoms with van der Waals surface area (Å²) >= 11 is 6.06. The van der Waals surface area contributed by atoms with Crippen molar-refractivity contribution >= 4 is 11.6 Å². The Hall–Kier alpha value is -0.610. The van der Waals surface area contributed by atoms with Crippen LogP contribution < -0.4 is 5.32 Å². The van der Waals surface area contributed by atoms with Crippen molar-refractivity contribution in [2.24, 2.45) is 0 Å². The molecule has 2 aliphatic rings. The molecule has 3 nitrogen and oxygen atoms in total. The van der Waals surface area contributed by atoms with Gasteiger partial charge in [0, 0.05) is 30.7 Å². The minimum Gasteiger partial charge on any atom is -0.374 e. The Morgan fingerprint density at radius 2 is 2.20 bits per heavy atom. The summed E-state index contributed by atoms with van der Waals surface area (Å²) < 4.78 is 5.84. The van der Waals surface area contributed by atoms with Crippen LogP contribution in [0.2, 0.25) is 5.02 Å². The minimum absolute atomic E-state index is 0.330. The molecule has 0 radical (unpaired) electrons. The molecule has 0 spiro atoms. The Morgan fingerprint density at radius 1 is 1.35 bits per heavy atom. The van der Waals surface area contributed by atoms with Crippen LogP contribution in [0, 0.1) is 0 Å². The Balaban J connectivity index is 1.49. The van der Waals surface area contributed by atoms with Gasteiger partial charge in [0.15, 0.2) is 0 Å². The van der Waals surface area contributed by atoms with Crippen LogP contribution in [0.3, 0.4) is 0 Å². The van der Waals surface area contributed by atoms with E-state index in [2.05, 4.69) is 29.3 Å². The van der Waals surface area contributed by atoms with Gasteiger partial charge in [0.25, 0.3) is 0 Å². The lowest BCUT2D eigenvalue weighted by Gasteiger charge is -2.32. The van der Waals surface area contributed by atoms with Crippen LogP contribution >= 0.6 is 11.6 Å². The molecule has 2 atom stereocenters. The van der Waals surface area contributed by atoms with Gasteiger partial charge in [0.2, 0.25) is 0 Å². The molecule has 20 heavy (non-hydrogen) atoms. The van der Waals surface area contributed by atoms with E-state index in [4.69, 9.17) is 16.3 Å². The highest BCUT2D eigenvalue weighted by atomic mass is 35.5. The van der Waals surface area contributed by atoms with Crippen molar-refractivity contribution in [1.82, 2.24) is 10.2 Å². The number of rotatable bonds is 4. The third-order valence-electron chi connectivity index (χ3n) is 4.41. The molecule has 4 heteroatoms. The van der Waals surface area contributed by atoms with Gasteiger partial charge in [-0.3, -0.25) is 4.90 Å². The van der Waals surface area contributed by atoms with Gasteiger partial charge in [-0.2, -0.15) is 0 Å². The predicted octanol–water partition coefficient (Wildman–Crippen LogP) is 2.12. The van der Waals surface area contributed by atoms with Gasteiger partial charge in [-0.05, 0) is 42.6 Å². The first-order chi connectivity index (χ1) is 9.74. The highest BCUT2D eigenvalue weighted by Crippen LogP contribution is 2.25. The average Bonchev–Trinajstić information content (AvgIpc) is 2.87. The summed E-state index contributed by atoms with van der Waals surface area (Å²) in [7, 11) is 0. The number of likely N-dealkylation sites (N-methyl/N-ethyl adjacent to an activating group) is 1. The van der Waals surface area contributed by atoms with Gasteiger partial charge in [0.05, 0.1) is 12.7 Å². The highest BCUT2D eigenvalue weighted by Gasteiger charge is 2.24. The first kappa shape index (κ1) is 14.3. The van der Waals surface area contributed by atoms with E-state index in [1.54, 1.807) is 0 Å². The van der Waals surface area contributed by atoms with E-state index in [1.807, 2.05) is 6.07 Å². The van der Waals surface area contributed by atoms with Crippen LogP contribution in [0.5, 0.6) is 0 Å². The van der Waals surface area contributed by atoms with Gasteiger partial charge in [-0.15, -0.1) is 0 Å². The van der Waals surface area contributed by atoms with Crippen molar-refractivity contribution in [2.45, 2.75) is 31.9 Å². The second-order valence-corrected chi connectivity index (χ2v) is 6.25. The third kappa shape index (κ3) is 3.34. The summed E-state index contributed by atoms with van der Waals surface area (Å²) in [4.78, 5) is 2.46. The maximum Gasteiger partial charge on any atom is 0.0826 e. The van der Waals surface area contributed by atoms with E-state index in [-0.39, 0.29) is 0 Å². The van der Waals surface area contributed by atoms with Crippen LogP contribution in [-0.2, 0) is 17.6 Å². The van der Waals surface area contributed by atoms with Crippen molar-refractivity contribution in [3.8, 4) is 0 Å². The maximum atomic E-state index is 6.06. The van der Waals surface area contributed by atoms with Gasteiger partial charge in [0.1, 0.15) is 0 Å². The fraction of sp³-hybridized carbons (Fsp3) is 0.625. The first-order valence-corrected chi connectivity index (χ1v) is 7.97. The normalized spacial score (nSPS) is 26.7. The van der Waals surface area contributed by atoms with Gasteiger partial charge in [-0.1, -0.05) is 24.6 Å². The van der Waals surface area contributed by atoms with Crippen molar-refractivity contribution in [2.75, 3.05) is 32.8 Å². The zero-order chi connectivity index (χ0) is 13.9. The number of ether oxygens (including phenoxy) is 1. The van der Waals surface area contributed by atoms with Crippen LogP contribution in [0.25, 0.3) is 0 Å². The van der Waals surface area contributed by atoms with Crippen molar-refractivity contribution in [3.05, 3.63) is 34.3 Å². The lowest BCUT2D eigenvalue weighted by molar-refractivity contribution is -0.0262.